The molecule has 0 heterocycles. The van der Waals surface area contributed by atoms with Gasteiger partial charge in [-0.25, -0.2) is 0 Å². The molecule has 7 heteroatoms. The molecule has 0 fully saturated rings. The van der Waals surface area contributed by atoms with E-state index in [-0.39, 0.29) is 0 Å². The van der Waals surface area contributed by atoms with E-state index in [1.165, 1.54) is 0 Å². The number of benzene rings is 3. The number of nitrogens with one attached hydrogen (secondary N) is 1. The second-order valence-corrected chi connectivity index (χ2v) is 7.32. The minimum atomic E-state index is 0.393. The molecule has 1 N–H and O–H groups in total. The summed E-state index contributed by atoms with van der Waals surface area (Å²) in [5.41, 5.74) is 5.52. The van der Waals surface area contributed by atoms with Gasteiger partial charge in [-0.15, -0.1) is 0 Å². The van der Waals surface area contributed by atoms with Gasteiger partial charge in [0.2, 0.25) is 0 Å². The summed E-state index contributed by atoms with van der Waals surface area (Å²) >= 11 is 18.7. The third-order valence-corrected chi connectivity index (χ3v) is 5.09. The Hall–Kier alpha value is -2.40. The van der Waals surface area contributed by atoms with E-state index in [4.69, 9.17) is 44.3 Å². The van der Waals surface area contributed by atoms with E-state index in [1.807, 2.05) is 30.3 Å². The van der Waals surface area contributed by atoms with Crippen molar-refractivity contribution in [2.24, 2.45) is 5.10 Å². The van der Waals surface area contributed by atoms with E-state index in [0.717, 1.165) is 16.7 Å². The van der Waals surface area contributed by atoms with Crippen LogP contribution in [0.5, 0.6) is 11.5 Å². The highest BCUT2D eigenvalue weighted by molar-refractivity contribution is 6.36. The third kappa shape index (κ3) is 5.80. The van der Waals surface area contributed by atoms with Crippen molar-refractivity contribution in [3.05, 3.63) is 92.4 Å². The molecule has 0 atom stereocenters. The maximum absolute atomic E-state index is 6.41. The summed E-state index contributed by atoms with van der Waals surface area (Å²) in [6, 6.07) is 18.8. The van der Waals surface area contributed by atoms with E-state index in [9.17, 15) is 0 Å². The van der Waals surface area contributed by atoms with Crippen molar-refractivity contribution in [2.75, 3.05) is 7.11 Å². The molecule has 3 rings (SSSR count). The van der Waals surface area contributed by atoms with Gasteiger partial charge in [0.25, 0.3) is 0 Å². The van der Waals surface area contributed by atoms with E-state index in [1.54, 1.807) is 43.7 Å². The molecule has 150 valence electrons. The van der Waals surface area contributed by atoms with Crippen LogP contribution in [0.2, 0.25) is 15.1 Å². The standard InChI is InChI=1S/C22H19Cl3N2O2/c1-28-21-11-16(12-26-27-13-17-18(23)8-5-9-19(17)24)10-20(25)22(21)29-14-15-6-3-2-4-7-15/h2-12,27H,13-14H2,1H3/b26-12+. The Kier molecular flexibility index (Phi) is 7.64. The van der Waals surface area contributed by atoms with Crippen LogP contribution >= 0.6 is 34.8 Å². The van der Waals surface area contributed by atoms with Gasteiger partial charge in [0.05, 0.1) is 24.9 Å². The zero-order chi connectivity index (χ0) is 20.6. The average Bonchev–Trinajstić information content (AvgIpc) is 2.72. The van der Waals surface area contributed by atoms with Gasteiger partial charge in [0.15, 0.2) is 11.5 Å². The summed E-state index contributed by atoms with van der Waals surface area (Å²) in [5.74, 6) is 1.02. The number of hydrazone groups is 1. The Balaban J connectivity index is 1.67. The van der Waals surface area contributed by atoms with Crippen LogP contribution in [-0.4, -0.2) is 13.3 Å². The maximum atomic E-state index is 6.41. The zero-order valence-corrected chi connectivity index (χ0v) is 17.9. The van der Waals surface area contributed by atoms with E-state index < -0.39 is 0 Å². The lowest BCUT2D eigenvalue weighted by molar-refractivity contribution is 0.284. The first-order valence-corrected chi connectivity index (χ1v) is 9.95. The number of ether oxygens (including phenoxy) is 2. The average molecular weight is 450 g/mol. The van der Waals surface area contributed by atoms with E-state index in [2.05, 4.69) is 10.5 Å². The number of methoxy groups -OCH3 is 1. The van der Waals surface area contributed by atoms with Crippen molar-refractivity contribution < 1.29 is 9.47 Å². The summed E-state index contributed by atoms with van der Waals surface area (Å²) in [6.45, 7) is 0.794. The highest BCUT2D eigenvalue weighted by atomic mass is 35.5. The van der Waals surface area contributed by atoms with Crippen molar-refractivity contribution in [1.82, 2.24) is 5.43 Å². The van der Waals surface area contributed by atoms with E-state index >= 15 is 0 Å². The van der Waals surface area contributed by atoms with Gasteiger partial charge in [0, 0.05) is 15.6 Å². The molecule has 0 spiro atoms. The molecule has 0 amide bonds. The molecular formula is C22H19Cl3N2O2. The maximum Gasteiger partial charge on any atom is 0.180 e. The summed E-state index contributed by atoms with van der Waals surface area (Å²) in [4.78, 5) is 0. The predicted molar refractivity (Wildman–Crippen MR) is 120 cm³/mol. The van der Waals surface area contributed by atoms with E-state index in [0.29, 0.717) is 39.7 Å². The van der Waals surface area contributed by atoms with Gasteiger partial charge >= 0.3 is 0 Å². The molecule has 0 aliphatic carbocycles. The molecule has 3 aromatic rings. The molecule has 0 bridgehead atoms. The molecule has 0 aromatic heterocycles. The Morgan fingerprint density at radius 1 is 0.931 bits per heavy atom. The molecule has 0 radical (unpaired) electrons. The quantitative estimate of drug-likeness (QED) is 0.321. The van der Waals surface area contributed by atoms with Gasteiger partial charge < -0.3 is 14.9 Å². The first-order chi connectivity index (χ1) is 14.1. The second kappa shape index (κ2) is 10.4. The lowest BCUT2D eigenvalue weighted by atomic mass is 10.2. The molecule has 0 saturated heterocycles. The van der Waals surface area contributed by atoms with Crippen LogP contribution in [0.4, 0.5) is 0 Å². The number of halogens is 3. The second-order valence-electron chi connectivity index (χ2n) is 6.10. The monoisotopic (exact) mass is 448 g/mol. The molecule has 29 heavy (non-hydrogen) atoms. The van der Waals surface area contributed by atoms with Crippen LogP contribution < -0.4 is 14.9 Å². The van der Waals surface area contributed by atoms with Gasteiger partial charge in [-0.2, -0.15) is 5.10 Å². The summed E-state index contributed by atoms with van der Waals surface area (Å²) in [7, 11) is 1.57. The Morgan fingerprint density at radius 3 is 2.34 bits per heavy atom. The minimum absolute atomic E-state index is 0.393. The fourth-order valence-electron chi connectivity index (χ4n) is 2.63. The first-order valence-electron chi connectivity index (χ1n) is 8.81. The topological polar surface area (TPSA) is 42.8 Å². The van der Waals surface area contributed by atoms with Crippen molar-refractivity contribution in [2.45, 2.75) is 13.2 Å². The highest BCUT2D eigenvalue weighted by Crippen LogP contribution is 2.36. The lowest BCUT2D eigenvalue weighted by Crippen LogP contribution is -2.07. The Morgan fingerprint density at radius 2 is 1.66 bits per heavy atom. The smallest absolute Gasteiger partial charge is 0.180 e. The van der Waals surface area contributed by atoms with Gasteiger partial charge in [-0.05, 0) is 35.4 Å². The normalized spacial score (nSPS) is 10.9. The molecular weight excluding hydrogens is 431 g/mol. The highest BCUT2D eigenvalue weighted by Gasteiger charge is 2.12. The Bertz CT molecular complexity index is 975. The van der Waals surface area contributed by atoms with Crippen LogP contribution in [0.15, 0.2) is 65.8 Å². The van der Waals surface area contributed by atoms with Crippen molar-refractivity contribution >= 4 is 41.0 Å². The van der Waals surface area contributed by atoms with Gasteiger partial charge in [0.1, 0.15) is 6.61 Å². The van der Waals surface area contributed by atoms with Crippen molar-refractivity contribution in [3.8, 4) is 11.5 Å². The predicted octanol–water partition coefficient (Wildman–Crippen LogP) is 6.36. The number of rotatable bonds is 8. The molecule has 0 unspecified atom stereocenters. The van der Waals surface area contributed by atoms with Crippen LogP contribution in [0.25, 0.3) is 0 Å². The van der Waals surface area contributed by atoms with Gasteiger partial charge in [-0.3, -0.25) is 0 Å². The molecule has 0 aliphatic rings. The molecule has 0 aliphatic heterocycles. The minimum Gasteiger partial charge on any atom is -0.493 e. The van der Waals surface area contributed by atoms with Crippen molar-refractivity contribution in [1.29, 1.82) is 0 Å². The number of nitrogens with zero attached hydrogens (tertiary/aromatic N) is 1. The lowest BCUT2D eigenvalue weighted by Gasteiger charge is -2.13. The largest absolute Gasteiger partial charge is 0.493 e. The Labute approximate surface area is 185 Å². The van der Waals surface area contributed by atoms with Crippen LogP contribution in [0, 0.1) is 0 Å². The van der Waals surface area contributed by atoms with Crippen LogP contribution in [0.3, 0.4) is 0 Å². The number of hydrogen-bond acceptors (Lipinski definition) is 4. The van der Waals surface area contributed by atoms with Crippen LogP contribution in [0.1, 0.15) is 16.7 Å². The third-order valence-electron chi connectivity index (χ3n) is 4.10. The molecule has 3 aromatic carbocycles. The van der Waals surface area contributed by atoms with Gasteiger partial charge in [-0.1, -0.05) is 71.2 Å². The molecule has 0 saturated carbocycles. The summed E-state index contributed by atoms with van der Waals surface area (Å²) in [6.07, 6.45) is 1.64. The fourth-order valence-corrected chi connectivity index (χ4v) is 3.43. The number of hydrogen-bond donors (Lipinski definition) is 1. The first kappa shape index (κ1) is 21.3. The fraction of sp³-hybridized carbons (Fsp3) is 0.136. The molecule has 4 nitrogen and oxygen atoms in total. The zero-order valence-electron chi connectivity index (χ0n) is 15.7. The summed E-state index contributed by atoms with van der Waals surface area (Å²) in [5, 5.41) is 5.83. The van der Waals surface area contributed by atoms with Crippen molar-refractivity contribution in [3.63, 3.8) is 0 Å². The van der Waals surface area contributed by atoms with Crippen LogP contribution in [-0.2, 0) is 13.2 Å². The summed E-state index contributed by atoms with van der Waals surface area (Å²) < 4.78 is 11.3. The SMILES string of the molecule is COc1cc(/C=N/NCc2c(Cl)cccc2Cl)cc(Cl)c1OCc1ccccc1.